The molecule has 0 fully saturated rings. The fraction of sp³-hybridized carbons (Fsp3) is 0.438. The second-order valence-electron chi connectivity index (χ2n) is 6.06. The Morgan fingerprint density at radius 3 is 2.17 bits per heavy atom. The number of carbonyl (C=O) groups is 3. The zero-order valence-corrected chi connectivity index (χ0v) is 13.6. The second kappa shape index (κ2) is 7.73. The van der Waals surface area contributed by atoms with Crippen LogP contribution in [0, 0.1) is 0 Å². The van der Waals surface area contributed by atoms with Crippen LogP contribution in [0.4, 0.5) is 0 Å². The summed E-state index contributed by atoms with van der Waals surface area (Å²) in [5.74, 6) is -2.18. The average Bonchev–Trinajstić information content (AvgIpc) is 2.43. The fourth-order valence-electron chi connectivity index (χ4n) is 1.67. The summed E-state index contributed by atoms with van der Waals surface area (Å²) in [4.78, 5) is 43.5. The van der Waals surface area contributed by atoms with Crippen molar-refractivity contribution in [3.8, 4) is 0 Å². The van der Waals surface area contributed by atoms with Crippen molar-refractivity contribution in [1.82, 2.24) is 5.32 Å². The maximum atomic E-state index is 11.8. The molecule has 1 aromatic carbocycles. The molecule has 0 saturated carbocycles. The lowest BCUT2D eigenvalue weighted by atomic mass is 10.0. The molecule has 1 unspecified atom stereocenters. The molecule has 7 nitrogen and oxygen atoms in total. The molecule has 7 heteroatoms. The number of nitrogens with one attached hydrogen (secondary N) is 1. The predicted octanol–water partition coefficient (Wildman–Crippen LogP) is 1.71. The van der Waals surface area contributed by atoms with E-state index in [0.717, 1.165) is 0 Å². The first-order valence-electron chi connectivity index (χ1n) is 7.07. The van der Waals surface area contributed by atoms with E-state index in [9.17, 15) is 14.4 Å². The molecule has 0 aliphatic carbocycles. The van der Waals surface area contributed by atoms with Crippen molar-refractivity contribution < 1.29 is 29.3 Å². The molecule has 0 spiro atoms. The van der Waals surface area contributed by atoms with Gasteiger partial charge >= 0.3 is 11.9 Å². The van der Waals surface area contributed by atoms with Crippen molar-refractivity contribution in [2.24, 2.45) is 0 Å². The van der Waals surface area contributed by atoms with Gasteiger partial charge in [-0.25, -0.2) is 9.59 Å². The molecule has 0 heterocycles. The van der Waals surface area contributed by atoms with Crippen LogP contribution in [0.3, 0.4) is 0 Å². The second-order valence-corrected chi connectivity index (χ2v) is 6.06. The van der Waals surface area contributed by atoms with E-state index in [1.165, 1.54) is 19.1 Å². The van der Waals surface area contributed by atoms with Crippen LogP contribution in [0.25, 0.3) is 0 Å². The Morgan fingerprint density at radius 1 is 1.17 bits per heavy atom. The van der Waals surface area contributed by atoms with Gasteiger partial charge in [0.15, 0.2) is 0 Å². The molecule has 126 valence electrons. The summed E-state index contributed by atoms with van der Waals surface area (Å²) in [5.41, 5.74) is 0.340. The number of rotatable bonds is 6. The number of hydrogen-bond acceptors (Lipinski definition) is 5. The molecule has 1 aromatic rings. The number of hydrogen-bond donors (Lipinski definition) is 2. The molecule has 0 radical (unpaired) electrons. The highest BCUT2D eigenvalue weighted by atomic mass is 17.2. The van der Waals surface area contributed by atoms with Gasteiger partial charge in [-0.3, -0.25) is 9.68 Å². The average molecular weight is 323 g/mol. The Morgan fingerprint density at radius 2 is 1.74 bits per heavy atom. The lowest BCUT2D eigenvalue weighted by molar-refractivity contribution is -0.301. The van der Waals surface area contributed by atoms with Gasteiger partial charge in [0, 0.05) is 13.3 Å². The number of amides is 1. The van der Waals surface area contributed by atoms with Crippen LogP contribution < -0.4 is 5.32 Å². The van der Waals surface area contributed by atoms with Crippen molar-refractivity contribution in [2.45, 2.75) is 45.8 Å². The van der Waals surface area contributed by atoms with Gasteiger partial charge < -0.3 is 10.4 Å². The van der Waals surface area contributed by atoms with E-state index in [-0.39, 0.29) is 12.0 Å². The minimum absolute atomic E-state index is 0.114. The highest BCUT2D eigenvalue weighted by Crippen LogP contribution is 2.12. The summed E-state index contributed by atoms with van der Waals surface area (Å²) < 4.78 is 0. The molecule has 0 bridgehead atoms. The van der Waals surface area contributed by atoms with E-state index in [1.807, 2.05) is 0 Å². The molecule has 1 atom stereocenters. The van der Waals surface area contributed by atoms with Gasteiger partial charge in [0.25, 0.3) is 0 Å². The number of benzene rings is 1. The van der Waals surface area contributed by atoms with Crippen LogP contribution in [0.1, 0.15) is 43.6 Å². The quantitative estimate of drug-likeness (QED) is 0.610. The highest BCUT2D eigenvalue weighted by Gasteiger charge is 2.20. The first-order valence-corrected chi connectivity index (χ1v) is 7.07. The Kier molecular flexibility index (Phi) is 6.27. The zero-order chi connectivity index (χ0) is 17.6. The third-order valence-corrected chi connectivity index (χ3v) is 2.67. The Bertz CT molecular complexity index is 573. The van der Waals surface area contributed by atoms with Crippen molar-refractivity contribution in [3.05, 3.63) is 35.4 Å². The van der Waals surface area contributed by atoms with Gasteiger partial charge in [-0.05, 0) is 38.5 Å². The summed E-state index contributed by atoms with van der Waals surface area (Å²) in [7, 11) is 0. The van der Waals surface area contributed by atoms with Crippen LogP contribution in [0.15, 0.2) is 24.3 Å². The lowest BCUT2D eigenvalue weighted by Crippen LogP contribution is -2.41. The third kappa shape index (κ3) is 6.92. The summed E-state index contributed by atoms with van der Waals surface area (Å²) >= 11 is 0. The van der Waals surface area contributed by atoms with E-state index < -0.39 is 29.5 Å². The molecule has 0 aliphatic heterocycles. The maximum absolute atomic E-state index is 11.8. The molecule has 23 heavy (non-hydrogen) atoms. The molecule has 2 N–H and O–H groups in total. The Balaban J connectivity index is 2.70. The van der Waals surface area contributed by atoms with Crippen molar-refractivity contribution >= 4 is 17.8 Å². The van der Waals surface area contributed by atoms with Gasteiger partial charge in [-0.15, -0.1) is 0 Å². The highest BCUT2D eigenvalue weighted by molar-refractivity contribution is 5.89. The van der Waals surface area contributed by atoms with E-state index in [4.69, 9.17) is 14.9 Å². The van der Waals surface area contributed by atoms with Gasteiger partial charge in [-0.2, -0.15) is 4.89 Å². The monoisotopic (exact) mass is 323 g/mol. The number of carbonyl (C=O) groups excluding carboxylic acids is 2. The van der Waals surface area contributed by atoms with E-state index in [0.29, 0.717) is 5.56 Å². The minimum atomic E-state index is -1.12. The molecule has 0 saturated heterocycles. The topological polar surface area (TPSA) is 102 Å². The van der Waals surface area contributed by atoms with E-state index in [2.05, 4.69) is 5.32 Å². The maximum Gasteiger partial charge on any atom is 0.373 e. The standard InChI is InChI=1S/C16H21NO6/c1-10(18)17-13(14(19)20)9-11-5-7-12(8-6-11)15(21)22-23-16(2,3)4/h5-8,13H,9H2,1-4H3,(H,17,18)(H,19,20). The van der Waals surface area contributed by atoms with Crippen LogP contribution in [-0.2, 0) is 25.8 Å². The number of carboxylic acid groups (broad SMARTS) is 1. The van der Waals surface area contributed by atoms with E-state index in [1.54, 1.807) is 32.9 Å². The Hall–Kier alpha value is -2.41. The zero-order valence-electron chi connectivity index (χ0n) is 13.6. The van der Waals surface area contributed by atoms with Crippen LogP contribution in [-0.4, -0.2) is 34.6 Å². The predicted molar refractivity (Wildman–Crippen MR) is 81.6 cm³/mol. The van der Waals surface area contributed by atoms with Crippen molar-refractivity contribution in [1.29, 1.82) is 0 Å². The normalized spacial score (nSPS) is 12.3. The molecule has 1 rings (SSSR count). The van der Waals surface area contributed by atoms with Gasteiger partial charge in [0.1, 0.15) is 11.6 Å². The molecule has 0 aromatic heterocycles. The molecular formula is C16H21NO6. The summed E-state index contributed by atoms with van der Waals surface area (Å²) in [6.45, 7) is 6.50. The molecular weight excluding hydrogens is 302 g/mol. The molecule has 0 aliphatic rings. The lowest BCUT2D eigenvalue weighted by Gasteiger charge is -2.16. The van der Waals surface area contributed by atoms with Crippen molar-refractivity contribution in [2.75, 3.05) is 0 Å². The largest absolute Gasteiger partial charge is 0.480 e. The smallest absolute Gasteiger partial charge is 0.373 e. The van der Waals surface area contributed by atoms with Crippen molar-refractivity contribution in [3.63, 3.8) is 0 Å². The first kappa shape index (κ1) is 18.6. The summed E-state index contributed by atoms with van der Waals surface area (Å²) in [6.07, 6.45) is 0.114. The minimum Gasteiger partial charge on any atom is -0.480 e. The number of carboxylic acids is 1. The fourth-order valence-corrected chi connectivity index (χ4v) is 1.67. The third-order valence-electron chi connectivity index (χ3n) is 2.67. The first-order chi connectivity index (χ1) is 10.6. The van der Waals surface area contributed by atoms with Crippen LogP contribution in [0.5, 0.6) is 0 Å². The van der Waals surface area contributed by atoms with Gasteiger partial charge in [-0.1, -0.05) is 12.1 Å². The summed E-state index contributed by atoms with van der Waals surface area (Å²) in [5, 5.41) is 11.4. The van der Waals surface area contributed by atoms with E-state index >= 15 is 0 Å². The SMILES string of the molecule is CC(=O)NC(Cc1ccc(C(=O)OOC(C)(C)C)cc1)C(=O)O. The summed E-state index contributed by atoms with van der Waals surface area (Å²) in [6, 6.07) is 5.21. The Labute approximate surface area is 134 Å². The van der Waals surface area contributed by atoms with Crippen LogP contribution >= 0.6 is 0 Å². The molecule has 1 amide bonds. The number of aliphatic carboxylic acids is 1. The van der Waals surface area contributed by atoms with Gasteiger partial charge in [0.2, 0.25) is 5.91 Å². The van der Waals surface area contributed by atoms with Crippen LogP contribution in [0.2, 0.25) is 0 Å². The van der Waals surface area contributed by atoms with Gasteiger partial charge in [0.05, 0.1) is 5.56 Å².